The molecular weight excluding hydrogens is 311 g/mol. The van der Waals surface area contributed by atoms with Crippen LogP contribution in [0, 0.1) is 5.92 Å². The van der Waals surface area contributed by atoms with Gasteiger partial charge in [0, 0.05) is 12.1 Å². The SMILES string of the molecule is C[C@H](NC1NC(=O)N(C2CCC(F)CC2)C(=O)N1)C1CCCCC1. The van der Waals surface area contributed by atoms with Gasteiger partial charge in [-0.1, -0.05) is 19.3 Å². The van der Waals surface area contributed by atoms with Crippen LogP contribution in [0.2, 0.25) is 0 Å². The number of carbonyl (C=O) groups excluding carboxylic acids is 2. The van der Waals surface area contributed by atoms with Crippen LogP contribution in [0.15, 0.2) is 0 Å². The van der Waals surface area contributed by atoms with Crippen molar-refractivity contribution in [3.05, 3.63) is 0 Å². The molecule has 0 bridgehead atoms. The first kappa shape index (κ1) is 17.5. The minimum absolute atomic E-state index is 0.200. The van der Waals surface area contributed by atoms with Gasteiger partial charge >= 0.3 is 12.1 Å². The van der Waals surface area contributed by atoms with Crippen molar-refractivity contribution in [1.82, 2.24) is 20.9 Å². The Morgan fingerprint density at radius 3 is 2.17 bits per heavy atom. The number of imide groups is 1. The third kappa shape index (κ3) is 3.99. The summed E-state index contributed by atoms with van der Waals surface area (Å²) in [5.74, 6) is 0.588. The Labute approximate surface area is 142 Å². The van der Waals surface area contributed by atoms with E-state index < -0.39 is 12.5 Å². The summed E-state index contributed by atoms with van der Waals surface area (Å²) in [6.07, 6.45) is 6.79. The molecule has 7 heteroatoms. The maximum absolute atomic E-state index is 13.3. The molecule has 24 heavy (non-hydrogen) atoms. The minimum Gasteiger partial charge on any atom is -0.305 e. The van der Waals surface area contributed by atoms with Crippen molar-refractivity contribution in [3.63, 3.8) is 0 Å². The van der Waals surface area contributed by atoms with Gasteiger partial charge in [-0.25, -0.2) is 18.9 Å². The van der Waals surface area contributed by atoms with Crippen molar-refractivity contribution in [2.24, 2.45) is 5.92 Å². The first-order valence-corrected chi connectivity index (χ1v) is 9.35. The average Bonchev–Trinajstić information content (AvgIpc) is 2.57. The fourth-order valence-corrected chi connectivity index (χ4v) is 4.26. The minimum atomic E-state index is -0.803. The zero-order valence-corrected chi connectivity index (χ0v) is 14.4. The molecule has 136 valence electrons. The molecule has 1 heterocycles. The van der Waals surface area contributed by atoms with E-state index >= 15 is 0 Å². The molecule has 3 rings (SSSR count). The zero-order valence-electron chi connectivity index (χ0n) is 14.4. The molecule has 3 fully saturated rings. The summed E-state index contributed by atoms with van der Waals surface area (Å²) in [6.45, 7) is 2.11. The largest absolute Gasteiger partial charge is 0.328 e. The van der Waals surface area contributed by atoms with E-state index in [0.717, 1.165) is 0 Å². The molecule has 0 aromatic rings. The van der Waals surface area contributed by atoms with Gasteiger partial charge in [0.05, 0.1) is 0 Å². The Hall–Kier alpha value is -1.37. The highest BCUT2D eigenvalue weighted by Crippen LogP contribution is 2.27. The van der Waals surface area contributed by atoms with E-state index in [1.807, 2.05) is 0 Å². The molecule has 1 atom stereocenters. The van der Waals surface area contributed by atoms with Crippen LogP contribution in [0.1, 0.15) is 64.7 Å². The van der Waals surface area contributed by atoms with Gasteiger partial charge in [-0.15, -0.1) is 0 Å². The van der Waals surface area contributed by atoms with E-state index in [4.69, 9.17) is 0 Å². The molecule has 0 spiro atoms. The predicted molar refractivity (Wildman–Crippen MR) is 89.0 cm³/mol. The Balaban J connectivity index is 1.53. The second kappa shape index (κ2) is 7.68. The number of hydrogen-bond donors (Lipinski definition) is 3. The molecule has 2 saturated carbocycles. The van der Waals surface area contributed by atoms with Gasteiger partial charge in [0.2, 0.25) is 0 Å². The summed E-state index contributed by atoms with van der Waals surface area (Å²) < 4.78 is 13.3. The third-order valence-electron chi connectivity index (χ3n) is 5.75. The molecule has 0 aromatic carbocycles. The van der Waals surface area contributed by atoms with Crippen LogP contribution in [-0.2, 0) is 0 Å². The van der Waals surface area contributed by atoms with E-state index in [1.165, 1.54) is 37.0 Å². The highest BCUT2D eigenvalue weighted by Gasteiger charge is 2.38. The fraction of sp³-hybridized carbons (Fsp3) is 0.882. The molecule has 2 aliphatic carbocycles. The van der Waals surface area contributed by atoms with Gasteiger partial charge in [-0.05, 0) is 51.4 Å². The number of nitrogens with one attached hydrogen (secondary N) is 3. The van der Waals surface area contributed by atoms with Crippen LogP contribution in [0.4, 0.5) is 14.0 Å². The van der Waals surface area contributed by atoms with E-state index in [-0.39, 0.29) is 24.1 Å². The quantitative estimate of drug-likeness (QED) is 0.737. The number of carbonyl (C=O) groups is 2. The number of halogens is 1. The molecule has 0 aromatic heterocycles. The van der Waals surface area contributed by atoms with Crippen molar-refractivity contribution in [1.29, 1.82) is 0 Å². The lowest BCUT2D eigenvalue weighted by Gasteiger charge is -2.40. The van der Waals surface area contributed by atoms with Gasteiger partial charge in [-0.3, -0.25) is 5.32 Å². The van der Waals surface area contributed by atoms with Crippen molar-refractivity contribution in [3.8, 4) is 0 Å². The second-order valence-electron chi connectivity index (χ2n) is 7.46. The number of amides is 4. The summed E-state index contributed by atoms with van der Waals surface area (Å²) in [7, 11) is 0. The van der Waals surface area contributed by atoms with Crippen molar-refractivity contribution in [2.45, 2.75) is 89.3 Å². The van der Waals surface area contributed by atoms with Gasteiger partial charge in [0.1, 0.15) is 6.17 Å². The number of rotatable bonds is 4. The summed E-state index contributed by atoms with van der Waals surface area (Å²) in [5, 5.41) is 8.98. The van der Waals surface area contributed by atoms with Crippen molar-refractivity contribution < 1.29 is 14.0 Å². The first-order valence-electron chi connectivity index (χ1n) is 9.35. The Bertz CT molecular complexity index is 444. The molecule has 1 aliphatic heterocycles. The molecule has 3 aliphatic rings. The fourth-order valence-electron chi connectivity index (χ4n) is 4.26. The van der Waals surface area contributed by atoms with Crippen LogP contribution >= 0.6 is 0 Å². The standard InChI is InChI=1S/C17H29FN4O2/c1-11(12-5-3-2-4-6-12)19-15-20-16(23)22(17(24)21-15)14-9-7-13(18)8-10-14/h11-15,19H,2-10H2,1H3,(H,20,23)(H,21,24)/t11-,13?,14?/m0/s1. The normalized spacial score (nSPS) is 31.5. The number of nitrogens with zero attached hydrogens (tertiary/aromatic N) is 1. The summed E-state index contributed by atoms with van der Waals surface area (Å²) >= 11 is 0. The number of hydrogen-bond acceptors (Lipinski definition) is 3. The maximum Gasteiger partial charge on any atom is 0.328 e. The Morgan fingerprint density at radius 1 is 1.00 bits per heavy atom. The van der Waals surface area contributed by atoms with Crippen molar-refractivity contribution in [2.75, 3.05) is 0 Å². The van der Waals surface area contributed by atoms with Crippen LogP contribution < -0.4 is 16.0 Å². The molecule has 4 amide bonds. The maximum atomic E-state index is 13.3. The van der Waals surface area contributed by atoms with E-state index in [2.05, 4.69) is 22.9 Å². The van der Waals surface area contributed by atoms with Crippen molar-refractivity contribution >= 4 is 12.1 Å². The molecule has 1 saturated heterocycles. The molecule has 6 nitrogen and oxygen atoms in total. The number of urea groups is 2. The highest BCUT2D eigenvalue weighted by molar-refractivity contribution is 5.96. The van der Waals surface area contributed by atoms with Gasteiger partial charge in [-0.2, -0.15) is 0 Å². The lowest BCUT2D eigenvalue weighted by atomic mass is 9.84. The van der Waals surface area contributed by atoms with Crippen LogP contribution in [-0.4, -0.2) is 41.5 Å². The molecule has 3 N–H and O–H groups in total. The smallest absolute Gasteiger partial charge is 0.305 e. The predicted octanol–water partition coefficient (Wildman–Crippen LogP) is 2.84. The van der Waals surface area contributed by atoms with Gasteiger partial charge < -0.3 is 10.6 Å². The first-order chi connectivity index (χ1) is 11.5. The van der Waals surface area contributed by atoms with Crippen LogP contribution in [0.5, 0.6) is 0 Å². The molecule has 0 unspecified atom stereocenters. The lowest BCUT2D eigenvalue weighted by molar-refractivity contribution is 0.113. The Kier molecular flexibility index (Phi) is 5.58. The summed E-state index contributed by atoms with van der Waals surface area (Å²) in [4.78, 5) is 26.0. The monoisotopic (exact) mass is 340 g/mol. The van der Waals surface area contributed by atoms with E-state index in [1.54, 1.807) is 0 Å². The summed E-state index contributed by atoms with van der Waals surface area (Å²) in [6, 6.07) is -0.720. The zero-order chi connectivity index (χ0) is 17.1. The van der Waals surface area contributed by atoms with E-state index in [9.17, 15) is 14.0 Å². The van der Waals surface area contributed by atoms with E-state index in [0.29, 0.717) is 31.6 Å². The number of alkyl halides is 1. The van der Waals surface area contributed by atoms with Gasteiger partial charge in [0.25, 0.3) is 0 Å². The molecule has 0 radical (unpaired) electrons. The summed E-state index contributed by atoms with van der Waals surface area (Å²) in [5.41, 5.74) is 0. The highest BCUT2D eigenvalue weighted by atomic mass is 19.1. The lowest BCUT2D eigenvalue weighted by Crippen LogP contribution is -2.71. The average molecular weight is 340 g/mol. The third-order valence-corrected chi connectivity index (χ3v) is 5.75. The van der Waals surface area contributed by atoms with Gasteiger partial charge in [0.15, 0.2) is 6.29 Å². The Morgan fingerprint density at radius 2 is 1.58 bits per heavy atom. The second-order valence-corrected chi connectivity index (χ2v) is 7.46. The van der Waals surface area contributed by atoms with Crippen LogP contribution in [0.25, 0.3) is 0 Å². The molecular formula is C17H29FN4O2. The van der Waals surface area contributed by atoms with Crippen LogP contribution in [0.3, 0.4) is 0 Å². The topological polar surface area (TPSA) is 73.5 Å².